The number of para-hydroxylation sites is 1. The Hall–Kier alpha value is -2.38. The first-order chi connectivity index (χ1) is 15.6. The van der Waals surface area contributed by atoms with Gasteiger partial charge in [0.05, 0.1) is 42.4 Å². The molecule has 1 spiro atoms. The van der Waals surface area contributed by atoms with E-state index in [1.54, 1.807) is 23.4 Å². The van der Waals surface area contributed by atoms with Crippen LogP contribution in [0, 0.1) is 18.3 Å². The minimum atomic E-state index is -3.78. The number of nitrogens with zero attached hydrogens (tertiary/aromatic N) is 1. The van der Waals surface area contributed by atoms with Gasteiger partial charge in [-0.1, -0.05) is 49.7 Å². The van der Waals surface area contributed by atoms with Crippen LogP contribution in [0.15, 0.2) is 53.4 Å². The SMILES string of the molecule is CCOC(=O)C[C@@H]1OC[C@]23c4ccccc4N(S(=O)(=O)c4ccc(C)cc4)[C@H]2CC(C)(C)[C@H]13. The van der Waals surface area contributed by atoms with Crippen LogP contribution in [0.5, 0.6) is 0 Å². The molecule has 0 unspecified atom stereocenters. The van der Waals surface area contributed by atoms with Crippen LogP contribution in [0.1, 0.15) is 44.7 Å². The van der Waals surface area contributed by atoms with E-state index in [9.17, 15) is 13.2 Å². The molecule has 176 valence electrons. The van der Waals surface area contributed by atoms with Gasteiger partial charge in [0.25, 0.3) is 10.0 Å². The van der Waals surface area contributed by atoms with Crippen LogP contribution in [-0.4, -0.2) is 39.7 Å². The van der Waals surface area contributed by atoms with Crippen molar-refractivity contribution in [3.05, 3.63) is 59.7 Å². The number of sulfonamides is 1. The normalized spacial score (nSPS) is 29.5. The van der Waals surface area contributed by atoms with Crippen LogP contribution in [0.3, 0.4) is 0 Å². The van der Waals surface area contributed by atoms with Crippen molar-refractivity contribution < 1.29 is 22.7 Å². The summed E-state index contributed by atoms with van der Waals surface area (Å²) in [7, 11) is -3.78. The number of rotatable bonds is 5. The van der Waals surface area contributed by atoms with Gasteiger partial charge in [0, 0.05) is 11.3 Å². The second-order valence-corrected chi connectivity index (χ2v) is 12.0. The highest BCUT2D eigenvalue weighted by atomic mass is 32.2. The molecule has 1 aliphatic carbocycles. The molecule has 1 saturated heterocycles. The van der Waals surface area contributed by atoms with E-state index < -0.39 is 15.4 Å². The van der Waals surface area contributed by atoms with Gasteiger partial charge < -0.3 is 9.47 Å². The lowest BCUT2D eigenvalue weighted by Gasteiger charge is -2.35. The predicted octanol–water partition coefficient (Wildman–Crippen LogP) is 4.21. The molecule has 0 aromatic heterocycles. The summed E-state index contributed by atoms with van der Waals surface area (Å²) in [6, 6.07) is 14.6. The van der Waals surface area contributed by atoms with Gasteiger partial charge in [-0.3, -0.25) is 9.10 Å². The number of aryl methyl sites for hydroxylation is 1. The highest BCUT2D eigenvalue weighted by molar-refractivity contribution is 7.92. The molecule has 2 aliphatic heterocycles. The molecule has 4 atom stereocenters. The van der Waals surface area contributed by atoms with Crippen LogP contribution in [-0.2, 0) is 29.7 Å². The number of carbonyl (C=O) groups is 1. The van der Waals surface area contributed by atoms with Crippen molar-refractivity contribution in [2.24, 2.45) is 11.3 Å². The van der Waals surface area contributed by atoms with E-state index in [0.29, 0.717) is 24.5 Å². The van der Waals surface area contributed by atoms with Gasteiger partial charge in [0.1, 0.15) is 0 Å². The van der Waals surface area contributed by atoms with Gasteiger partial charge in [-0.2, -0.15) is 0 Å². The second-order valence-electron chi connectivity index (χ2n) is 10.2. The third kappa shape index (κ3) is 3.16. The zero-order chi connectivity index (χ0) is 23.6. The van der Waals surface area contributed by atoms with Crippen molar-refractivity contribution in [1.29, 1.82) is 0 Å². The van der Waals surface area contributed by atoms with Crippen LogP contribution < -0.4 is 4.31 Å². The average Bonchev–Trinajstić information content (AvgIpc) is 3.33. The summed E-state index contributed by atoms with van der Waals surface area (Å²) >= 11 is 0. The number of carbonyl (C=O) groups excluding carboxylic acids is 1. The molecule has 0 N–H and O–H groups in total. The van der Waals surface area contributed by atoms with Crippen molar-refractivity contribution in [2.75, 3.05) is 17.5 Å². The minimum absolute atomic E-state index is 0.00114. The van der Waals surface area contributed by atoms with E-state index in [4.69, 9.17) is 9.47 Å². The third-order valence-electron chi connectivity index (χ3n) is 7.80. The van der Waals surface area contributed by atoms with Crippen molar-refractivity contribution in [3.8, 4) is 0 Å². The molecule has 2 aromatic rings. The topological polar surface area (TPSA) is 72.9 Å². The molecule has 0 bridgehead atoms. The molecule has 5 rings (SSSR count). The van der Waals surface area contributed by atoms with Crippen molar-refractivity contribution in [1.82, 2.24) is 0 Å². The van der Waals surface area contributed by atoms with Crippen LogP contribution in [0.2, 0.25) is 0 Å². The molecule has 0 amide bonds. The highest BCUT2D eigenvalue weighted by Crippen LogP contribution is 2.67. The molecule has 7 heteroatoms. The van der Waals surface area contributed by atoms with E-state index in [0.717, 1.165) is 16.8 Å². The number of esters is 1. The molecular weight excluding hydrogens is 438 g/mol. The molecule has 2 heterocycles. The lowest BCUT2D eigenvalue weighted by atomic mass is 9.66. The summed E-state index contributed by atoms with van der Waals surface area (Å²) in [6.07, 6.45) is 0.572. The molecule has 1 saturated carbocycles. The summed E-state index contributed by atoms with van der Waals surface area (Å²) in [5.74, 6) is -0.270. The Labute approximate surface area is 195 Å². The van der Waals surface area contributed by atoms with Gasteiger partial charge in [-0.15, -0.1) is 0 Å². The second kappa shape index (κ2) is 7.57. The maximum Gasteiger partial charge on any atom is 0.308 e. The Morgan fingerprint density at radius 3 is 2.55 bits per heavy atom. The quantitative estimate of drug-likeness (QED) is 0.614. The Morgan fingerprint density at radius 2 is 1.85 bits per heavy atom. The summed E-state index contributed by atoms with van der Waals surface area (Å²) < 4.78 is 41.2. The van der Waals surface area contributed by atoms with E-state index in [2.05, 4.69) is 13.8 Å². The smallest absolute Gasteiger partial charge is 0.308 e. The predicted molar refractivity (Wildman–Crippen MR) is 126 cm³/mol. The maximum absolute atomic E-state index is 14.0. The number of fused-ring (bicyclic) bond motifs is 1. The van der Waals surface area contributed by atoms with Crippen LogP contribution >= 0.6 is 0 Å². The number of benzene rings is 2. The Kier molecular flexibility index (Phi) is 5.14. The molecule has 6 nitrogen and oxygen atoms in total. The lowest BCUT2D eigenvalue weighted by molar-refractivity contribution is -0.146. The van der Waals surface area contributed by atoms with E-state index >= 15 is 0 Å². The monoisotopic (exact) mass is 469 g/mol. The molecule has 2 fully saturated rings. The van der Waals surface area contributed by atoms with Gasteiger partial charge >= 0.3 is 5.97 Å². The fourth-order valence-electron chi connectivity index (χ4n) is 6.70. The van der Waals surface area contributed by atoms with Gasteiger partial charge in [0.2, 0.25) is 0 Å². The first kappa shape index (κ1) is 22.4. The molecule has 2 aromatic carbocycles. The largest absolute Gasteiger partial charge is 0.466 e. The summed E-state index contributed by atoms with van der Waals surface area (Å²) in [4.78, 5) is 12.7. The summed E-state index contributed by atoms with van der Waals surface area (Å²) in [6.45, 7) is 8.81. The van der Waals surface area contributed by atoms with Gasteiger partial charge in [0.15, 0.2) is 0 Å². The van der Waals surface area contributed by atoms with Crippen molar-refractivity contribution in [2.45, 2.75) is 63.0 Å². The van der Waals surface area contributed by atoms with E-state index in [1.165, 1.54) is 0 Å². The van der Waals surface area contributed by atoms with Crippen molar-refractivity contribution in [3.63, 3.8) is 0 Å². The molecule has 3 aliphatic rings. The number of hydrogen-bond acceptors (Lipinski definition) is 5. The third-order valence-corrected chi connectivity index (χ3v) is 9.63. The zero-order valence-electron chi connectivity index (χ0n) is 19.6. The van der Waals surface area contributed by atoms with E-state index in [1.807, 2.05) is 43.3 Å². The number of anilines is 1. The lowest BCUT2D eigenvalue weighted by Crippen LogP contribution is -2.47. The van der Waals surface area contributed by atoms with Gasteiger partial charge in [-0.05, 0) is 49.4 Å². The first-order valence-electron chi connectivity index (χ1n) is 11.6. The Morgan fingerprint density at radius 1 is 1.15 bits per heavy atom. The minimum Gasteiger partial charge on any atom is -0.466 e. The van der Waals surface area contributed by atoms with Crippen LogP contribution in [0.4, 0.5) is 5.69 Å². The highest BCUT2D eigenvalue weighted by Gasteiger charge is 2.71. The van der Waals surface area contributed by atoms with Crippen molar-refractivity contribution >= 4 is 21.7 Å². The summed E-state index contributed by atoms with van der Waals surface area (Å²) in [5, 5.41) is 0. The molecule has 0 radical (unpaired) electrons. The maximum atomic E-state index is 14.0. The number of ether oxygens (including phenoxy) is 2. The molecular formula is C26H31NO5S. The Balaban J connectivity index is 1.63. The average molecular weight is 470 g/mol. The molecule has 33 heavy (non-hydrogen) atoms. The van der Waals surface area contributed by atoms with Crippen LogP contribution in [0.25, 0.3) is 0 Å². The fraction of sp³-hybridized carbons (Fsp3) is 0.500. The Bertz CT molecular complexity index is 1190. The van der Waals surface area contributed by atoms with Gasteiger partial charge in [-0.25, -0.2) is 8.42 Å². The standard InChI is InChI=1S/C26H31NO5S/c1-5-31-23(28)14-21-24-25(3,4)15-22-26(24,16-32-21)19-8-6-7-9-20(19)27(22)33(29,30)18-12-10-17(2)11-13-18/h6-13,21-22,24H,5,14-16H2,1-4H3/t21-,22-,24-,26-/m0/s1. The fourth-order valence-corrected chi connectivity index (χ4v) is 8.42. The summed E-state index contributed by atoms with van der Waals surface area (Å²) in [5.41, 5.74) is 2.04. The first-order valence-corrected chi connectivity index (χ1v) is 13.0. The number of hydrogen-bond donors (Lipinski definition) is 0. The zero-order valence-corrected chi connectivity index (χ0v) is 20.4. The van der Waals surface area contributed by atoms with E-state index in [-0.39, 0.29) is 35.9 Å².